The van der Waals surface area contributed by atoms with Gasteiger partial charge in [0, 0.05) is 4.47 Å². The summed E-state index contributed by atoms with van der Waals surface area (Å²) >= 11 is 3.46. The van der Waals surface area contributed by atoms with Crippen molar-refractivity contribution < 1.29 is 5.11 Å². The number of hydrogen-bond donors (Lipinski definition) is 1. The third kappa shape index (κ3) is 2.12. The maximum Gasteiger partial charge on any atom is 0.0546 e. The fourth-order valence-electron chi connectivity index (χ4n) is 2.02. The van der Waals surface area contributed by atoms with Gasteiger partial charge in [0.25, 0.3) is 0 Å². The molecule has 1 aromatic rings. The van der Waals surface area contributed by atoms with Crippen molar-refractivity contribution >= 4 is 15.9 Å². The summed E-state index contributed by atoms with van der Waals surface area (Å²) in [5.41, 5.74) is 1.35. The van der Waals surface area contributed by atoms with Crippen LogP contribution in [-0.2, 0) is 0 Å². The Labute approximate surface area is 86.9 Å². The smallest absolute Gasteiger partial charge is 0.0546 e. The van der Waals surface area contributed by atoms with E-state index in [0.29, 0.717) is 5.92 Å². The minimum atomic E-state index is -0.0796. The Morgan fingerprint density at radius 3 is 2.77 bits per heavy atom. The zero-order chi connectivity index (χ0) is 9.26. The normalized spacial score (nSPS) is 27.8. The van der Waals surface area contributed by atoms with E-state index in [9.17, 15) is 5.11 Å². The second kappa shape index (κ2) is 3.81. The van der Waals surface area contributed by atoms with Crippen LogP contribution in [0, 0.1) is 0 Å². The molecular formula is C11H13BrO. The Morgan fingerprint density at radius 1 is 1.31 bits per heavy atom. The first-order valence-corrected chi connectivity index (χ1v) is 5.48. The lowest BCUT2D eigenvalue weighted by Crippen LogP contribution is -1.99. The lowest BCUT2D eigenvalue weighted by molar-refractivity contribution is 0.181. The van der Waals surface area contributed by atoms with E-state index in [1.54, 1.807) is 0 Å². The topological polar surface area (TPSA) is 20.2 Å². The molecule has 1 nitrogen and oxygen atoms in total. The summed E-state index contributed by atoms with van der Waals surface area (Å²) < 4.78 is 1.13. The molecule has 13 heavy (non-hydrogen) atoms. The van der Waals surface area contributed by atoms with E-state index in [1.165, 1.54) is 5.56 Å². The van der Waals surface area contributed by atoms with E-state index in [1.807, 2.05) is 6.07 Å². The highest BCUT2D eigenvalue weighted by atomic mass is 79.9. The molecule has 0 radical (unpaired) electrons. The molecule has 0 unspecified atom stereocenters. The summed E-state index contributed by atoms with van der Waals surface area (Å²) in [4.78, 5) is 0. The molecule has 0 saturated heterocycles. The standard InChI is InChI=1S/C11H13BrO/c12-10-3-1-2-8(6-10)9-4-5-11(13)7-9/h1-3,6,9,11,13H,4-5,7H2/t9-,11-/m0/s1. The molecule has 1 saturated carbocycles. The molecule has 0 amide bonds. The Bertz CT molecular complexity index is 298. The molecule has 0 aromatic heterocycles. The van der Waals surface area contributed by atoms with Gasteiger partial charge in [0.1, 0.15) is 0 Å². The predicted octanol–water partition coefficient (Wildman–Crippen LogP) is 3.08. The first-order valence-electron chi connectivity index (χ1n) is 4.69. The minimum Gasteiger partial charge on any atom is -0.393 e. The number of rotatable bonds is 1. The van der Waals surface area contributed by atoms with Crippen LogP contribution >= 0.6 is 15.9 Å². The van der Waals surface area contributed by atoms with Crippen molar-refractivity contribution in [1.29, 1.82) is 0 Å². The van der Waals surface area contributed by atoms with Crippen LogP contribution in [-0.4, -0.2) is 11.2 Å². The third-order valence-electron chi connectivity index (χ3n) is 2.73. The van der Waals surface area contributed by atoms with E-state index in [-0.39, 0.29) is 6.10 Å². The monoisotopic (exact) mass is 240 g/mol. The van der Waals surface area contributed by atoms with Crippen LogP contribution in [0.15, 0.2) is 28.7 Å². The molecular weight excluding hydrogens is 228 g/mol. The second-order valence-electron chi connectivity index (χ2n) is 3.72. The number of hydrogen-bond acceptors (Lipinski definition) is 1. The van der Waals surface area contributed by atoms with Crippen molar-refractivity contribution in [1.82, 2.24) is 0 Å². The summed E-state index contributed by atoms with van der Waals surface area (Å²) in [6.45, 7) is 0. The van der Waals surface area contributed by atoms with Crippen LogP contribution < -0.4 is 0 Å². The SMILES string of the molecule is O[C@H]1CC[C@H](c2cccc(Br)c2)C1. The Morgan fingerprint density at radius 2 is 2.15 bits per heavy atom. The lowest BCUT2D eigenvalue weighted by atomic mass is 9.98. The third-order valence-corrected chi connectivity index (χ3v) is 3.22. The van der Waals surface area contributed by atoms with Gasteiger partial charge >= 0.3 is 0 Å². The van der Waals surface area contributed by atoms with Gasteiger partial charge in [0.15, 0.2) is 0 Å². The fraction of sp³-hybridized carbons (Fsp3) is 0.455. The maximum absolute atomic E-state index is 9.42. The molecule has 1 aromatic carbocycles. The Balaban J connectivity index is 2.16. The minimum absolute atomic E-state index is 0.0796. The molecule has 2 rings (SSSR count). The highest BCUT2D eigenvalue weighted by molar-refractivity contribution is 9.10. The van der Waals surface area contributed by atoms with Crippen LogP contribution in [0.25, 0.3) is 0 Å². The zero-order valence-corrected chi connectivity index (χ0v) is 9.00. The summed E-state index contributed by atoms with van der Waals surface area (Å²) in [6.07, 6.45) is 2.93. The van der Waals surface area contributed by atoms with Crippen molar-refractivity contribution in [3.8, 4) is 0 Å². The molecule has 2 atom stereocenters. The van der Waals surface area contributed by atoms with Gasteiger partial charge < -0.3 is 5.11 Å². The molecule has 0 spiro atoms. The van der Waals surface area contributed by atoms with Gasteiger partial charge in [-0.2, -0.15) is 0 Å². The molecule has 1 N–H and O–H groups in total. The molecule has 0 bridgehead atoms. The van der Waals surface area contributed by atoms with Gasteiger partial charge in [0.2, 0.25) is 0 Å². The van der Waals surface area contributed by atoms with Gasteiger partial charge in [-0.05, 0) is 42.9 Å². The molecule has 2 heteroatoms. The van der Waals surface area contributed by atoms with Crippen LogP contribution in [0.2, 0.25) is 0 Å². The highest BCUT2D eigenvalue weighted by Crippen LogP contribution is 2.35. The summed E-state index contributed by atoms with van der Waals surface area (Å²) in [5, 5.41) is 9.42. The van der Waals surface area contributed by atoms with Gasteiger partial charge in [-0.1, -0.05) is 28.1 Å². The highest BCUT2D eigenvalue weighted by Gasteiger charge is 2.23. The van der Waals surface area contributed by atoms with Gasteiger partial charge in [-0.25, -0.2) is 0 Å². The van der Waals surface area contributed by atoms with Gasteiger partial charge in [0.05, 0.1) is 6.10 Å². The van der Waals surface area contributed by atoms with Gasteiger partial charge in [-0.3, -0.25) is 0 Å². The second-order valence-corrected chi connectivity index (χ2v) is 4.63. The largest absolute Gasteiger partial charge is 0.393 e. The Kier molecular flexibility index (Phi) is 2.70. The molecule has 0 heterocycles. The quantitative estimate of drug-likeness (QED) is 0.801. The number of aliphatic hydroxyl groups excluding tert-OH is 1. The Hall–Kier alpha value is -0.340. The predicted molar refractivity (Wildman–Crippen MR) is 56.7 cm³/mol. The van der Waals surface area contributed by atoms with Crippen molar-refractivity contribution in [2.45, 2.75) is 31.3 Å². The summed E-state index contributed by atoms with van der Waals surface area (Å²) in [7, 11) is 0. The first kappa shape index (κ1) is 9.22. The molecule has 1 fully saturated rings. The van der Waals surface area contributed by atoms with E-state index in [4.69, 9.17) is 0 Å². The molecule has 1 aliphatic rings. The van der Waals surface area contributed by atoms with Gasteiger partial charge in [-0.15, -0.1) is 0 Å². The zero-order valence-electron chi connectivity index (χ0n) is 7.41. The van der Waals surface area contributed by atoms with Crippen molar-refractivity contribution in [2.24, 2.45) is 0 Å². The van der Waals surface area contributed by atoms with Crippen molar-refractivity contribution in [3.63, 3.8) is 0 Å². The fourth-order valence-corrected chi connectivity index (χ4v) is 2.44. The van der Waals surface area contributed by atoms with Crippen molar-refractivity contribution in [2.75, 3.05) is 0 Å². The molecule has 1 aliphatic carbocycles. The van der Waals surface area contributed by atoms with E-state index >= 15 is 0 Å². The first-order chi connectivity index (χ1) is 6.25. The number of benzene rings is 1. The number of halogens is 1. The van der Waals surface area contributed by atoms with Crippen molar-refractivity contribution in [3.05, 3.63) is 34.3 Å². The maximum atomic E-state index is 9.42. The average molecular weight is 241 g/mol. The average Bonchev–Trinajstić information content (AvgIpc) is 2.52. The lowest BCUT2D eigenvalue weighted by Gasteiger charge is -2.09. The van der Waals surface area contributed by atoms with Crippen LogP contribution in [0.3, 0.4) is 0 Å². The van der Waals surface area contributed by atoms with E-state index in [0.717, 1.165) is 23.7 Å². The van der Waals surface area contributed by atoms with E-state index < -0.39 is 0 Å². The molecule has 0 aliphatic heterocycles. The van der Waals surface area contributed by atoms with E-state index in [2.05, 4.69) is 34.1 Å². The van der Waals surface area contributed by atoms with Crippen LogP contribution in [0.5, 0.6) is 0 Å². The molecule has 70 valence electrons. The van der Waals surface area contributed by atoms with Crippen LogP contribution in [0.1, 0.15) is 30.7 Å². The summed E-state index contributed by atoms with van der Waals surface area (Å²) in [5.74, 6) is 0.562. The summed E-state index contributed by atoms with van der Waals surface area (Å²) in [6, 6.07) is 8.40. The van der Waals surface area contributed by atoms with Crippen LogP contribution in [0.4, 0.5) is 0 Å². The number of aliphatic hydroxyl groups is 1.